The lowest BCUT2D eigenvalue weighted by Crippen LogP contribution is -2.33. The van der Waals surface area contributed by atoms with Gasteiger partial charge in [-0.3, -0.25) is 14.3 Å². The van der Waals surface area contributed by atoms with E-state index in [1.165, 1.54) is 12.3 Å². The molecule has 2 heterocycles. The third-order valence-corrected chi connectivity index (χ3v) is 3.14. The predicted molar refractivity (Wildman–Crippen MR) is 75.2 cm³/mol. The van der Waals surface area contributed by atoms with Gasteiger partial charge in [0.1, 0.15) is 12.3 Å². The van der Waals surface area contributed by atoms with Crippen LogP contribution < -0.4 is 11.2 Å². The molecule has 1 aromatic rings. The molecule has 3 atom stereocenters. The molecule has 0 saturated carbocycles. The Morgan fingerprint density at radius 3 is 2.75 bits per heavy atom. The first-order chi connectivity index (χ1) is 9.52. The first kappa shape index (κ1) is 14.9. The van der Waals surface area contributed by atoms with Crippen molar-refractivity contribution >= 4 is 22.0 Å². The van der Waals surface area contributed by atoms with Crippen LogP contribution in [0.2, 0.25) is 0 Å². The van der Waals surface area contributed by atoms with Crippen molar-refractivity contribution in [1.29, 1.82) is 0 Å². The molecule has 0 unspecified atom stereocenters. The zero-order chi connectivity index (χ0) is 14.7. The summed E-state index contributed by atoms with van der Waals surface area (Å²) in [4.78, 5) is 27.1. The molecule has 2 rings (SSSR count). The molecule has 7 nitrogen and oxygen atoms in total. The maximum Gasteiger partial charge on any atom is 0.330 e. The van der Waals surface area contributed by atoms with Gasteiger partial charge in [0.15, 0.2) is 6.29 Å². The fraction of sp³-hybridized carbons (Fsp3) is 0.333. The van der Waals surface area contributed by atoms with Crippen LogP contribution in [0.5, 0.6) is 0 Å². The molecule has 0 aromatic carbocycles. The zero-order valence-electron chi connectivity index (χ0n) is 10.3. The lowest BCUT2D eigenvalue weighted by atomic mass is 10.2. The molecule has 0 bridgehead atoms. The van der Waals surface area contributed by atoms with Gasteiger partial charge in [-0.2, -0.15) is 0 Å². The topological polar surface area (TPSA) is 105 Å². The van der Waals surface area contributed by atoms with Crippen molar-refractivity contribution in [1.82, 2.24) is 9.55 Å². The summed E-state index contributed by atoms with van der Waals surface area (Å²) in [6.45, 7) is 0. The second-order valence-corrected chi connectivity index (χ2v) is 4.74. The average Bonchev–Trinajstić information content (AvgIpc) is 2.72. The van der Waals surface area contributed by atoms with E-state index in [1.54, 1.807) is 17.1 Å². The highest BCUT2D eigenvalue weighted by Gasteiger charge is 2.34. The molecule has 0 amide bonds. The standard InChI is InChI=1S/C12H13BrN2O5/c13-4-2-1-3-7-6-15(12(19)14-10(7)17)9-5-8(16)11(18)20-9/h1-4,6,8-9,11,16,18H,5H2,(H,14,17,19)/b3-1+,4-2+/t8-,9+,11+/m0/s1. The third-order valence-electron chi connectivity index (χ3n) is 2.83. The molecule has 1 aromatic heterocycles. The maximum absolute atomic E-state index is 11.7. The van der Waals surface area contributed by atoms with Gasteiger partial charge in [-0.25, -0.2) is 4.79 Å². The van der Waals surface area contributed by atoms with Crippen LogP contribution in [0.3, 0.4) is 0 Å². The summed E-state index contributed by atoms with van der Waals surface area (Å²) < 4.78 is 6.20. The van der Waals surface area contributed by atoms with Crippen LogP contribution in [0, 0.1) is 0 Å². The summed E-state index contributed by atoms with van der Waals surface area (Å²) in [7, 11) is 0. The normalized spacial score (nSPS) is 26.9. The second kappa shape index (κ2) is 6.31. The van der Waals surface area contributed by atoms with Crippen molar-refractivity contribution in [3.8, 4) is 0 Å². The molecule has 1 fully saturated rings. The van der Waals surface area contributed by atoms with Crippen molar-refractivity contribution in [2.75, 3.05) is 0 Å². The number of H-pyrrole nitrogens is 1. The number of aliphatic hydroxyl groups is 2. The maximum atomic E-state index is 11.7. The Kier molecular flexibility index (Phi) is 4.71. The highest BCUT2D eigenvalue weighted by atomic mass is 79.9. The van der Waals surface area contributed by atoms with Crippen LogP contribution in [-0.4, -0.2) is 32.2 Å². The summed E-state index contributed by atoms with van der Waals surface area (Å²) >= 11 is 3.09. The lowest BCUT2D eigenvalue weighted by Gasteiger charge is -2.13. The van der Waals surface area contributed by atoms with E-state index in [1.807, 2.05) is 0 Å². The van der Waals surface area contributed by atoms with Gasteiger partial charge in [0, 0.05) is 12.6 Å². The number of nitrogens with zero attached hydrogens (tertiary/aromatic N) is 1. The minimum Gasteiger partial charge on any atom is -0.388 e. The van der Waals surface area contributed by atoms with Gasteiger partial charge in [-0.05, 0) is 11.1 Å². The minimum atomic E-state index is -1.34. The molecule has 20 heavy (non-hydrogen) atoms. The Morgan fingerprint density at radius 1 is 1.40 bits per heavy atom. The average molecular weight is 345 g/mol. The van der Waals surface area contributed by atoms with Crippen LogP contribution in [0.4, 0.5) is 0 Å². The van der Waals surface area contributed by atoms with E-state index in [4.69, 9.17) is 4.74 Å². The summed E-state index contributed by atoms with van der Waals surface area (Å²) in [6, 6.07) is 0. The van der Waals surface area contributed by atoms with Crippen molar-refractivity contribution in [3.05, 3.63) is 49.7 Å². The van der Waals surface area contributed by atoms with Crippen LogP contribution >= 0.6 is 15.9 Å². The number of allylic oxidation sites excluding steroid dienone is 2. The van der Waals surface area contributed by atoms with Crippen LogP contribution in [0.25, 0.3) is 6.08 Å². The quantitative estimate of drug-likeness (QED) is 0.672. The molecule has 3 N–H and O–H groups in total. The smallest absolute Gasteiger partial charge is 0.330 e. The van der Waals surface area contributed by atoms with Crippen molar-refractivity contribution < 1.29 is 14.9 Å². The van der Waals surface area contributed by atoms with Gasteiger partial charge in [0.2, 0.25) is 0 Å². The molecular formula is C12H13BrN2O5. The largest absolute Gasteiger partial charge is 0.388 e. The number of ether oxygens (including phenoxy) is 1. The number of halogens is 1. The molecule has 1 saturated heterocycles. The fourth-order valence-electron chi connectivity index (χ4n) is 1.84. The minimum absolute atomic E-state index is 0.0670. The molecule has 0 radical (unpaired) electrons. The summed E-state index contributed by atoms with van der Waals surface area (Å²) in [5.41, 5.74) is -0.922. The number of aliphatic hydroxyl groups excluding tert-OH is 2. The molecule has 108 valence electrons. The molecule has 0 aliphatic carbocycles. The SMILES string of the molecule is O=c1[nH]c(=O)n([C@H]2C[C@H](O)[C@H](O)O2)cc1/C=C/C=C/Br. The lowest BCUT2D eigenvalue weighted by molar-refractivity contribution is -0.142. The number of hydrogen-bond donors (Lipinski definition) is 3. The van der Waals surface area contributed by atoms with E-state index < -0.39 is 29.9 Å². The van der Waals surface area contributed by atoms with Crippen LogP contribution in [0.15, 0.2) is 32.9 Å². The van der Waals surface area contributed by atoms with E-state index >= 15 is 0 Å². The summed E-state index contributed by atoms with van der Waals surface area (Å²) in [5, 5.41) is 18.8. The molecular weight excluding hydrogens is 332 g/mol. The van der Waals surface area contributed by atoms with Crippen molar-refractivity contribution in [2.24, 2.45) is 0 Å². The highest BCUT2D eigenvalue weighted by Crippen LogP contribution is 2.25. The first-order valence-electron chi connectivity index (χ1n) is 5.83. The Balaban J connectivity index is 2.37. The number of nitrogens with one attached hydrogen (secondary N) is 1. The summed E-state index contributed by atoms with van der Waals surface area (Å²) in [5.74, 6) is 0. The van der Waals surface area contributed by atoms with E-state index in [-0.39, 0.29) is 12.0 Å². The van der Waals surface area contributed by atoms with E-state index in [0.717, 1.165) is 4.57 Å². The monoisotopic (exact) mass is 344 g/mol. The number of aromatic nitrogens is 2. The van der Waals surface area contributed by atoms with E-state index in [9.17, 15) is 19.8 Å². The molecule has 8 heteroatoms. The number of hydrogen-bond acceptors (Lipinski definition) is 5. The summed E-state index contributed by atoms with van der Waals surface area (Å²) in [6.07, 6.45) is 2.98. The molecule has 1 aliphatic heterocycles. The number of aromatic amines is 1. The van der Waals surface area contributed by atoms with Gasteiger partial charge >= 0.3 is 5.69 Å². The Labute approximate surface area is 122 Å². The third kappa shape index (κ3) is 3.15. The second-order valence-electron chi connectivity index (χ2n) is 4.21. The Morgan fingerprint density at radius 2 is 2.15 bits per heavy atom. The van der Waals surface area contributed by atoms with Crippen LogP contribution in [0.1, 0.15) is 18.2 Å². The van der Waals surface area contributed by atoms with Gasteiger partial charge in [-0.15, -0.1) is 0 Å². The highest BCUT2D eigenvalue weighted by molar-refractivity contribution is 9.11. The Hall–Kier alpha value is -1.48. The van der Waals surface area contributed by atoms with E-state index in [0.29, 0.717) is 0 Å². The van der Waals surface area contributed by atoms with Gasteiger partial charge in [0.25, 0.3) is 5.56 Å². The number of rotatable bonds is 3. The Bertz CT molecular complexity index is 638. The predicted octanol–water partition coefficient (Wildman–Crippen LogP) is 0.0566. The van der Waals surface area contributed by atoms with Gasteiger partial charge < -0.3 is 14.9 Å². The van der Waals surface area contributed by atoms with E-state index in [2.05, 4.69) is 20.9 Å². The fourth-order valence-corrected chi connectivity index (χ4v) is 2.02. The van der Waals surface area contributed by atoms with Gasteiger partial charge in [-0.1, -0.05) is 28.1 Å². The van der Waals surface area contributed by atoms with Gasteiger partial charge in [0.05, 0.1) is 5.56 Å². The molecule has 1 aliphatic rings. The van der Waals surface area contributed by atoms with Crippen LogP contribution in [-0.2, 0) is 4.74 Å². The van der Waals surface area contributed by atoms with Crippen molar-refractivity contribution in [3.63, 3.8) is 0 Å². The zero-order valence-corrected chi connectivity index (χ0v) is 11.9. The molecule has 0 spiro atoms. The van der Waals surface area contributed by atoms with Crippen molar-refractivity contribution in [2.45, 2.75) is 25.0 Å². The first-order valence-corrected chi connectivity index (χ1v) is 6.75.